The molecule has 2 aliphatic rings. The fourth-order valence-corrected chi connectivity index (χ4v) is 3.86. The largest absolute Gasteiger partial charge is 0.370 e. The highest BCUT2D eigenvalue weighted by Gasteiger charge is 2.22. The van der Waals surface area contributed by atoms with Gasteiger partial charge in [0.05, 0.1) is 6.20 Å². The SMILES string of the molecule is c1ccc(CN2CCC[C@H](NC[C@@H]3CNc4ccnn4C3)C2)cc1. The van der Waals surface area contributed by atoms with E-state index in [1.54, 1.807) is 0 Å². The first-order valence-electron chi connectivity index (χ1n) is 9.12. The van der Waals surface area contributed by atoms with Crippen LogP contribution >= 0.6 is 0 Å². The van der Waals surface area contributed by atoms with Gasteiger partial charge >= 0.3 is 0 Å². The predicted molar refractivity (Wildman–Crippen MR) is 97.0 cm³/mol. The lowest BCUT2D eigenvalue weighted by atomic mass is 10.0. The van der Waals surface area contributed by atoms with E-state index in [0.29, 0.717) is 12.0 Å². The smallest absolute Gasteiger partial charge is 0.124 e. The Balaban J connectivity index is 1.25. The lowest BCUT2D eigenvalue weighted by Crippen LogP contribution is -2.48. The van der Waals surface area contributed by atoms with E-state index in [2.05, 4.69) is 55.6 Å². The first kappa shape index (κ1) is 15.7. The maximum Gasteiger partial charge on any atom is 0.124 e. The van der Waals surface area contributed by atoms with Crippen molar-refractivity contribution in [3.8, 4) is 0 Å². The van der Waals surface area contributed by atoms with Gasteiger partial charge in [0.25, 0.3) is 0 Å². The molecule has 5 nitrogen and oxygen atoms in total. The van der Waals surface area contributed by atoms with Gasteiger partial charge in [-0.2, -0.15) is 5.10 Å². The van der Waals surface area contributed by atoms with E-state index in [1.807, 2.05) is 12.3 Å². The van der Waals surface area contributed by atoms with Crippen molar-refractivity contribution in [1.82, 2.24) is 20.0 Å². The number of nitrogens with zero attached hydrogens (tertiary/aromatic N) is 3. The van der Waals surface area contributed by atoms with Gasteiger partial charge in [-0.25, -0.2) is 4.68 Å². The van der Waals surface area contributed by atoms with E-state index < -0.39 is 0 Å². The highest BCUT2D eigenvalue weighted by molar-refractivity contribution is 5.35. The molecule has 2 N–H and O–H groups in total. The van der Waals surface area contributed by atoms with Crippen molar-refractivity contribution < 1.29 is 0 Å². The Labute approximate surface area is 144 Å². The molecule has 24 heavy (non-hydrogen) atoms. The summed E-state index contributed by atoms with van der Waals surface area (Å²) in [5.74, 6) is 1.76. The zero-order valence-electron chi connectivity index (χ0n) is 14.2. The van der Waals surface area contributed by atoms with Crippen LogP contribution in [0.2, 0.25) is 0 Å². The molecule has 1 saturated heterocycles. The molecule has 1 aromatic heterocycles. The molecule has 3 heterocycles. The van der Waals surface area contributed by atoms with Crippen molar-refractivity contribution in [3.05, 3.63) is 48.2 Å². The molecule has 0 unspecified atom stereocenters. The Bertz CT molecular complexity index is 638. The lowest BCUT2D eigenvalue weighted by molar-refractivity contribution is 0.179. The number of hydrogen-bond acceptors (Lipinski definition) is 4. The molecule has 0 spiro atoms. The normalized spacial score (nSPS) is 24.3. The van der Waals surface area contributed by atoms with Gasteiger partial charge < -0.3 is 10.6 Å². The summed E-state index contributed by atoms with van der Waals surface area (Å²) in [6, 6.07) is 13.5. The maximum atomic E-state index is 4.38. The summed E-state index contributed by atoms with van der Waals surface area (Å²) in [6.07, 6.45) is 4.45. The highest BCUT2D eigenvalue weighted by Crippen LogP contribution is 2.17. The second-order valence-corrected chi connectivity index (χ2v) is 7.11. The van der Waals surface area contributed by atoms with Gasteiger partial charge in [0.15, 0.2) is 0 Å². The molecule has 2 aromatic rings. The van der Waals surface area contributed by atoms with Crippen LogP contribution in [0.3, 0.4) is 0 Å². The summed E-state index contributed by atoms with van der Waals surface area (Å²) < 4.78 is 2.08. The van der Waals surface area contributed by atoms with Crippen molar-refractivity contribution in [3.63, 3.8) is 0 Å². The molecule has 1 aromatic carbocycles. The van der Waals surface area contributed by atoms with Gasteiger partial charge in [-0.1, -0.05) is 30.3 Å². The number of fused-ring (bicyclic) bond motifs is 1. The Morgan fingerprint density at radius 1 is 1.17 bits per heavy atom. The van der Waals surface area contributed by atoms with Gasteiger partial charge in [0.1, 0.15) is 5.82 Å². The van der Waals surface area contributed by atoms with Crippen molar-refractivity contribution in [1.29, 1.82) is 0 Å². The third-order valence-corrected chi connectivity index (χ3v) is 5.17. The summed E-state index contributed by atoms with van der Waals surface area (Å²) in [5.41, 5.74) is 1.42. The lowest BCUT2D eigenvalue weighted by Gasteiger charge is -2.34. The second-order valence-electron chi connectivity index (χ2n) is 7.11. The molecule has 0 bridgehead atoms. The molecule has 4 rings (SSSR count). The van der Waals surface area contributed by atoms with Crippen LogP contribution in [0.25, 0.3) is 0 Å². The first-order chi connectivity index (χ1) is 11.9. The highest BCUT2D eigenvalue weighted by atomic mass is 15.3. The fraction of sp³-hybridized carbons (Fsp3) is 0.526. The third-order valence-electron chi connectivity index (χ3n) is 5.17. The number of nitrogens with one attached hydrogen (secondary N) is 2. The molecular formula is C19H27N5. The third kappa shape index (κ3) is 3.79. The van der Waals surface area contributed by atoms with Crippen molar-refractivity contribution >= 4 is 5.82 Å². The van der Waals surface area contributed by atoms with Crippen LogP contribution in [-0.2, 0) is 13.1 Å². The molecule has 1 fully saturated rings. The number of benzene rings is 1. The number of piperidine rings is 1. The molecular weight excluding hydrogens is 298 g/mol. The van der Waals surface area contributed by atoms with Gasteiger partial charge in [0.2, 0.25) is 0 Å². The van der Waals surface area contributed by atoms with Crippen LogP contribution in [0.1, 0.15) is 18.4 Å². The summed E-state index contributed by atoms with van der Waals surface area (Å²) in [7, 11) is 0. The van der Waals surface area contributed by atoms with Crippen LogP contribution in [0.5, 0.6) is 0 Å². The number of hydrogen-bond donors (Lipinski definition) is 2. The number of anilines is 1. The molecule has 0 radical (unpaired) electrons. The summed E-state index contributed by atoms with van der Waals surface area (Å²) in [6.45, 7) is 6.56. The minimum absolute atomic E-state index is 0.612. The zero-order valence-corrected chi connectivity index (χ0v) is 14.2. The minimum atomic E-state index is 0.612. The molecule has 2 aliphatic heterocycles. The standard InChI is InChI=1S/C19H27N5/c1-2-5-16(6-3-1)13-23-10-4-7-18(15-23)20-11-17-12-21-19-8-9-22-24(19)14-17/h1-3,5-6,8-9,17-18,20-21H,4,7,10-15H2/t17-,18+/m1/s1. The van der Waals surface area contributed by atoms with Gasteiger partial charge in [-0.05, 0) is 24.9 Å². The molecule has 5 heteroatoms. The van der Waals surface area contributed by atoms with Crippen LogP contribution in [0.15, 0.2) is 42.6 Å². The van der Waals surface area contributed by atoms with E-state index in [-0.39, 0.29) is 0 Å². The van der Waals surface area contributed by atoms with Crippen molar-refractivity contribution in [2.45, 2.75) is 32.0 Å². The van der Waals surface area contributed by atoms with Gasteiger partial charge in [-0.3, -0.25) is 4.90 Å². The Morgan fingerprint density at radius 2 is 2.08 bits per heavy atom. The van der Waals surface area contributed by atoms with E-state index in [1.165, 1.54) is 24.9 Å². The molecule has 0 saturated carbocycles. The molecule has 2 atom stereocenters. The fourth-order valence-electron chi connectivity index (χ4n) is 3.86. The van der Waals surface area contributed by atoms with Gasteiger partial charge in [0, 0.05) is 50.7 Å². The molecule has 0 aliphatic carbocycles. The minimum Gasteiger partial charge on any atom is -0.370 e. The van der Waals surface area contributed by atoms with Crippen molar-refractivity contribution in [2.24, 2.45) is 5.92 Å². The Morgan fingerprint density at radius 3 is 3.00 bits per heavy atom. The Kier molecular flexibility index (Phi) is 4.81. The van der Waals surface area contributed by atoms with E-state index in [4.69, 9.17) is 0 Å². The second kappa shape index (κ2) is 7.36. The zero-order chi connectivity index (χ0) is 16.2. The van der Waals surface area contributed by atoms with E-state index >= 15 is 0 Å². The van der Waals surface area contributed by atoms with E-state index in [9.17, 15) is 0 Å². The topological polar surface area (TPSA) is 45.1 Å². The van der Waals surface area contributed by atoms with Crippen LogP contribution in [0, 0.1) is 5.92 Å². The average Bonchev–Trinajstić information content (AvgIpc) is 3.09. The van der Waals surface area contributed by atoms with Crippen LogP contribution < -0.4 is 10.6 Å². The number of aromatic nitrogens is 2. The number of likely N-dealkylation sites (tertiary alicyclic amines) is 1. The summed E-state index contributed by atoms with van der Waals surface area (Å²) >= 11 is 0. The first-order valence-corrected chi connectivity index (χ1v) is 9.12. The maximum absolute atomic E-state index is 4.38. The van der Waals surface area contributed by atoms with E-state index in [0.717, 1.165) is 38.5 Å². The molecule has 0 amide bonds. The predicted octanol–water partition coefficient (Wildman–Crippen LogP) is 2.18. The quantitative estimate of drug-likeness (QED) is 0.884. The average molecular weight is 325 g/mol. The van der Waals surface area contributed by atoms with Crippen LogP contribution in [-0.4, -0.2) is 46.9 Å². The van der Waals surface area contributed by atoms with Crippen LogP contribution in [0.4, 0.5) is 5.82 Å². The van der Waals surface area contributed by atoms with Crippen molar-refractivity contribution in [2.75, 3.05) is 31.5 Å². The number of rotatable bonds is 5. The van der Waals surface area contributed by atoms with Gasteiger partial charge in [-0.15, -0.1) is 0 Å². The Hall–Kier alpha value is -1.85. The monoisotopic (exact) mass is 325 g/mol. The summed E-state index contributed by atoms with van der Waals surface area (Å²) in [5, 5.41) is 11.7. The summed E-state index contributed by atoms with van der Waals surface area (Å²) in [4.78, 5) is 2.58. The molecule has 128 valence electrons.